The Kier molecular flexibility index (Phi) is 5.57. The van der Waals surface area contributed by atoms with Gasteiger partial charge in [-0.05, 0) is 18.2 Å². The SMILES string of the molecule is COc1ccc(C(=O)c2cc(S(=O)(=O)O)c(OC)c(S(=O)(=O)O)c2O)c(O)c1. The van der Waals surface area contributed by atoms with Crippen molar-refractivity contribution in [3.63, 3.8) is 0 Å². The van der Waals surface area contributed by atoms with Crippen molar-refractivity contribution >= 4 is 26.0 Å². The fourth-order valence-corrected chi connectivity index (χ4v) is 3.91. The summed E-state index contributed by atoms with van der Waals surface area (Å²) in [6, 6.07) is 3.83. The fourth-order valence-electron chi connectivity index (χ4n) is 2.38. The number of ketones is 1. The van der Waals surface area contributed by atoms with Gasteiger partial charge in [0, 0.05) is 6.07 Å². The maximum Gasteiger partial charge on any atom is 0.302 e. The summed E-state index contributed by atoms with van der Waals surface area (Å²) in [6.07, 6.45) is 0. The molecule has 2 aromatic carbocycles. The lowest BCUT2D eigenvalue weighted by atomic mass is 10.0. The molecule has 0 fully saturated rings. The quantitative estimate of drug-likeness (QED) is 0.373. The van der Waals surface area contributed by atoms with Gasteiger partial charge in [0.15, 0.2) is 16.4 Å². The molecule has 0 atom stereocenters. The lowest BCUT2D eigenvalue weighted by Crippen LogP contribution is -2.12. The fraction of sp³-hybridized carbons (Fsp3) is 0.133. The van der Waals surface area contributed by atoms with E-state index in [-0.39, 0.29) is 5.75 Å². The van der Waals surface area contributed by atoms with E-state index < -0.39 is 64.2 Å². The highest BCUT2D eigenvalue weighted by Gasteiger charge is 2.34. The summed E-state index contributed by atoms with van der Waals surface area (Å²) in [5.74, 6) is -4.10. The first-order chi connectivity index (χ1) is 12.8. The first-order valence-electron chi connectivity index (χ1n) is 7.13. The molecule has 2 rings (SSSR count). The van der Waals surface area contributed by atoms with E-state index in [1.54, 1.807) is 0 Å². The third-order valence-electron chi connectivity index (χ3n) is 3.61. The van der Waals surface area contributed by atoms with Crippen LogP contribution in [0.2, 0.25) is 0 Å². The Morgan fingerprint density at radius 2 is 1.50 bits per heavy atom. The molecule has 4 N–H and O–H groups in total. The van der Waals surface area contributed by atoms with Crippen molar-refractivity contribution in [2.24, 2.45) is 0 Å². The minimum atomic E-state index is -5.30. The summed E-state index contributed by atoms with van der Waals surface area (Å²) in [7, 11) is -8.35. The van der Waals surface area contributed by atoms with Crippen LogP contribution in [0.15, 0.2) is 34.1 Å². The standard InChI is InChI=1S/C15H14O11S2/c1-25-7-3-4-8(10(16)5-7)12(17)9-6-11(27(19,20)21)14(26-2)15(13(9)18)28(22,23)24/h3-6,16,18H,1-2H3,(H,19,20,21)(H,22,23,24). The van der Waals surface area contributed by atoms with E-state index in [2.05, 4.69) is 4.74 Å². The average Bonchev–Trinajstić information content (AvgIpc) is 2.58. The second kappa shape index (κ2) is 7.27. The van der Waals surface area contributed by atoms with Crippen molar-refractivity contribution < 1.29 is 50.4 Å². The molecular formula is C15H14O11S2. The largest absolute Gasteiger partial charge is 0.507 e. The molecule has 11 nitrogen and oxygen atoms in total. The number of ether oxygens (including phenoxy) is 2. The van der Waals surface area contributed by atoms with Crippen molar-refractivity contribution in [2.45, 2.75) is 9.79 Å². The number of hydrogen-bond acceptors (Lipinski definition) is 9. The normalized spacial score (nSPS) is 11.9. The van der Waals surface area contributed by atoms with E-state index in [9.17, 15) is 40.9 Å². The Labute approximate surface area is 159 Å². The van der Waals surface area contributed by atoms with Gasteiger partial charge in [-0.3, -0.25) is 13.9 Å². The number of rotatable bonds is 6. The van der Waals surface area contributed by atoms with E-state index in [0.717, 1.165) is 19.2 Å². The van der Waals surface area contributed by atoms with Gasteiger partial charge in [-0.15, -0.1) is 0 Å². The van der Waals surface area contributed by atoms with E-state index in [1.807, 2.05) is 0 Å². The Hall–Kier alpha value is -2.87. The van der Waals surface area contributed by atoms with Crippen LogP contribution in [0, 0.1) is 0 Å². The second-order valence-electron chi connectivity index (χ2n) is 5.30. The van der Waals surface area contributed by atoms with Crippen LogP contribution in [0.3, 0.4) is 0 Å². The predicted octanol–water partition coefficient (Wildman–Crippen LogP) is 0.839. The molecule has 0 aliphatic heterocycles. The van der Waals surface area contributed by atoms with Crippen LogP contribution < -0.4 is 9.47 Å². The van der Waals surface area contributed by atoms with Gasteiger partial charge in [-0.2, -0.15) is 16.8 Å². The summed E-state index contributed by atoms with van der Waals surface area (Å²) in [6.45, 7) is 0. The smallest absolute Gasteiger partial charge is 0.302 e. The van der Waals surface area contributed by atoms with Gasteiger partial charge in [0.1, 0.15) is 16.4 Å². The Balaban J connectivity index is 2.90. The van der Waals surface area contributed by atoms with Gasteiger partial charge in [0.25, 0.3) is 10.1 Å². The van der Waals surface area contributed by atoms with Crippen molar-refractivity contribution in [1.82, 2.24) is 0 Å². The average molecular weight is 434 g/mol. The molecule has 0 radical (unpaired) electrons. The van der Waals surface area contributed by atoms with Crippen molar-refractivity contribution in [2.75, 3.05) is 14.2 Å². The molecule has 0 spiro atoms. The molecule has 13 heteroatoms. The number of aromatic hydroxyl groups is 2. The first-order valence-corrected chi connectivity index (χ1v) is 10.0. The van der Waals surface area contributed by atoms with E-state index in [4.69, 9.17) is 4.74 Å². The molecule has 152 valence electrons. The Bertz CT molecular complexity index is 1160. The maximum absolute atomic E-state index is 12.7. The second-order valence-corrected chi connectivity index (χ2v) is 8.04. The zero-order valence-corrected chi connectivity index (χ0v) is 15.9. The van der Waals surface area contributed by atoms with Crippen LogP contribution in [0.1, 0.15) is 15.9 Å². The maximum atomic E-state index is 12.7. The summed E-state index contributed by atoms with van der Waals surface area (Å²) < 4.78 is 74.6. The first kappa shape index (κ1) is 21.4. The molecule has 0 saturated carbocycles. The molecule has 0 bridgehead atoms. The molecule has 0 unspecified atom stereocenters. The van der Waals surface area contributed by atoms with Crippen LogP contribution >= 0.6 is 0 Å². The molecule has 2 aromatic rings. The number of methoxy groups -OCH3 is 2. The van der Waals surface area contributed by atoms with Crippen LogP contribution in [0.4, 0.5) is 0 Å². The number of carbonyl (C=O) groups is 1. The van der Waals surface area contributed by atoms with Crippen LogP contribution in [0.5, 0.6) is 23.0 Å². The number of carbonyl (C=O) groups excluding carboxylic acids is 1. The molecular weight excluding hydrogens is 420 g/mol. The monoisotopic (exact) mass is 434 g/mol. The van der Waals surface area contributed by atoms with Crippen LogP contribution in [-0.2, 0) is 20.2 Å². The summed E-state index contributed by atoms with van der Waals surface area (Å²) in [5.41, 5.74) is -1.40. The van der Waals surface area contributed by atoms with Gasteiger partial charge in [0.05, 0.1) is 25.3 Å². The highest BCUT2D eigenvalue weighted by Crippen LogP contribution is 2.42. The predicted molar refractivity (Wildman–Crippen MR) is 92.4 cm³/mol. The Morgan fingerprint density at radius 1 is 0.893 bits per heavy atom. The molecule has 0 aromatic heterocycles. The van der Waals surface area contributed by atoms with Crippen molar-refractivity contribution in [1.29, 1.82) is 0 Å². The number of phenols is 2. The summed E-state index contributed by atoms with van der Waals surface area (Å²) in [4.78, 5) is 10.1. The number of benzene rings is 2. The Morgan fingerprint density at radius 3 is 1.93 bits per heavy atom. The van der Waals surface area contributed by atoms with Crippen molar-refractivity contribution in [3.8, 4) is 23.0 Å². The highest BCUT2D eigenvalue weighted by molar-refractivity contribution is 7.87. The van der Waals surface area contributed by atoms with Gasteiger partial charge in [-0.25, -0.2) is 0 Å². The minimum Gasteiger partial charge on any atom is -0.507 e. The molecule has 0 aliphatic carbocycles. The molecule has 28 heavy (non-hydrogen) atoms. The molecule has 0 aliphatic rings. The summed E-state index contributed by atoms with van der Waals surface area (Å²) in [5, 5.41) is 20.2. The molecule has 0 heterocycles. The number of hydrogen-bond donors (Lipinski definition) is 4. The third kappa shape index (κ3) is 3.87. The number of phenolic OH excluding ortho intramolecular Hbond substituents is 2. The van der Waals surface area contributed by atoms with Gasteiger partial charge >= 0.3 is 10.1 Å². The zero-order chi connectivity index (χ0) is 21.4. The minimum absolute atomic E-state index is 0.172. The van der Waals surface area contributed by atoms with Crippen LogP contribution in [-0.4, -0.2) is 56.2 Å². The van der Waals surface area contributed by atoms with E-state index in [0.29, 0.717) is 6.07 Å². The lowest BCUT2D eigenvalue weighted by Gasteiger charge is -2.15. The highest BCUT2D eigenvalue weighted by atomic mass is 32.2. The van der Waals surface area contributed by atoms with Crippen molar-refractivity contribution in [3.05, 3.63) is 35.4 Å². The topological polar surface area (TPSA) is 185 Å². The molecule has 0 amide bonds. The van der Waals surface area contributed by atoms with Crippen LogP contribution in [0.25, 0.3) is 0 Å². The third-order valence-corrected chi connectivity index (χ3v) is 5.36. The zero-order valence-electron chi connectivity index (χ0n) is 14.3. The van der Waals surface area contributed by atoms with E-state index >= 15 is 0 Å². The van der Waals surface area contributed by atoms with Gasteiger partial charge in [0.2, 0.25) is 5.78 Å². The van der Waals surface area contributed by atoms with Gasteiger partial charge in [-0.1, -0.05) is 0 Å². The summed E-state index contributed by atoms with van der Waals surface area (Å²) >= 11 is 0. The van der Waals surface area contributed by atoms with Gasteiger partial charge < -0.3 is 19.7 Å². The molecule has 0 saturated heterocycles. The van der Waals surface area contributed by atoms with E-state index in [1.165, 1.54) is 13.2 Å². The lowest BCUT2D eigenvalue weighted by molar-refractivity contribution is 0.103.